The van der Waals surface area contributed by atoms with Crippen LogP contribution in [0.2, 0.25) is 0 Å². The number of benzene rings is 1. The van der Waals surface area contributed by atoms with E-state index < -0.39 is 0 Å². The zero-order chi connectivity index (χ0) is 18.0. The summed E-state index contributed by atoms with van der Waals surface area (Å²) in [5.41, 5.74) is 0.474. The van der Waals surface area contributed by atoms with Gasteiger partial charge < -0.3 is 9.64 Å². The van der Waals surface area contributed by atoms with Gasteiger partial charge in [-0.15, -0.1) is 0 Å². The fourth-order valence-corrected chi connectivity index (χ4v) is 2.87. The Hall–Kier alpha value is -2.37. The van der Waals surface area contributed by atoms with E-state index in [0.29, 0.717) is 24.4 Å². The number of amides is 1. The molecule has 1 saturated heterocycles. The summed E-state index contributed by atoms with van der Waals surface area (Å²) in [6.07, 6.45) is 5.01. The summed E-state index contributed by atoms with van der Waals surface area (Å²) in [6, 6.07) is 6.04. The van der Waals surface area contributed by atoms with Crippen LogP contribution in [0.15, 0.2) is 36.7 Å². The average Bonchev–Trinajstić information content (AvgIpc) is 3.07. The van der Waals surface area contributed by atoms with Gasteiger partial charge in [0.15, 0.2) is 0 Å². The van der Waals surface area contributed by atoms with E-state index in [4.69, 9.17) is 4.74 Å². The van der Waals surface area contributed by atoms with Gasteiger partial charge in [0, 0.05) is 32.1 Å². The largest absolute Gasteiger partial charge is 0.490 e. The van der Waals surface area contributed by atoms with Gasteiger partial charge in [-0.25, -0.2) is 4.39 Å². The molecular formula is C19H24FN3O2. The van der Waals surface area contributed by atoms with Crippen LogP contribution in [0.4, 0.5) is 4.39 Å². The van der Waals surface area contributed by atoms with Gasteiger partial charge in [-0.05, 0) is 45.0 Å². The number of nitrogens with zero attached hydrogens (tertiary/aromatic N) is 3. The molecule has 0 atom stereocenters. The van der Waals surface area contributed by atoms with E-state index in [9.17, 15) is 9.18 Å². The minimum atomic E-state index is -0.274. The van der Waals surface area contributed by atoms with Gasteiger partial charge in [0.25, 0.3) is 5.91 Å². The molecule has 1 fully saturated rings. The predicted molar refractivity (Wildman–Crippen MR) is 93.2 cm³/mol. The first-order valence-electron chi connectivity index (χ1n) is 8.59. The molecule has 6 heteroatoms. The monoisotopic (exact) mass is 345 g/mol. The zero-order valence-corrected chi connectivity index (χ0v) is 14.9. The van der Waals surface area contributed by atoms with Crippen LogP contribution in [0.25, 0.3) is 0 Å². The van der Waals surface area contributed by atoms with Crippen molar-refractivity contribution >= 4 is 5.91 Å². The fraction of sp³-hybridized carbons (Fsp3) is 0.474. The third kappa shape index (κ3) is 4.18. The Balaban J connectivity index is 1.55. The first kappa shape index (κ1) is 17.5. The molecule has 2 aromatic rings. The lowest BCUT2D eigenvalue weighted by Gasteiger charge is -2.32. The number of hydrogen-bond acceptors (Lipinski definition) is 3. The molecule has 0 N–H and O–H groups in total. The molecule has 0 spiro atoms. The van der Waals surface area contributed by atoms with Crippen molar-refractivity contribution in [3.8, 4) is 5.75 Å². The number of likely N-dealkylation sites (tertiary alicyclic amines) is 1. The average molecular weight is 345 g/mol. The van der Waals surface area contributed by atoms with Crippen LogP contribution in [-0.4, -0.2) is 39.8 Å². The number of halogens is 1. The highest BCUT2D eigenvalue weighted by Gasteiger charge is 2.26. The Morgan fingerprint density at radius 2 is 1.84 bits per heavy atom. The first-order valence-corrected chi connectivity index (χ1v) is 8.59. The minimum Gasteiger partial charge on any atom is -0.490 e. The van der Waals surface area contributed by atoms with Crippen LogP contribution >= 0.6 is 0 Å². The molecule has 5 nitrogen and oxygen atoms in total. The molecule has 0 aliphatic carbocycles. The van der Waals surface area contributed by atoms with E-state index >= 15 is 0 Å². The van der Waals surface area contributed by atoms with Crippen molar-refractivity contribution in [1.82, 2.24) is 14.7 Å². The molecule has 0 saturated carbocycles. The van der Waals surface area contributed by atoms with Crippen LogP contribution in [0.1, 0.15) is 44.0 Å². The molecule has 0 radical (unpaired) electrons. The van der Waals surface area contributed by atoms with Gasteiger partial charge in [0.1, 0.15) is 17.7 Å². The Labute approximate surface area is 147 Å². The lowest BCUT2D eigenvalue weighted by atomic mass is 10.1. The molecule has 134 valence electrons. The summed E-state index contributed by atoms with van der Waals surface area (Å²) in [7, 11) is 0. The van der Waals surface area contributed by atoms with Crippen molar-refractivity contribution in [3.05, 3.63) is 48.0 Å². The number of carbonyl (C=O) groups excluding carboxylic acids is 1. The Morgan fingerprint density at radius 3 is 2.40 bits per heavy atom. The number of rotatable bonds is 3. The number of piperidine rings is 1. The second-order valence-corrected chi connectivity index (χ2v) is 7.41. The van der Waals surface area contributed by atoms with Crippen molar-refractivity contribution in [2.45, 2.75) is 45.3 Å². The molecule has 3 rings (SSSR count). The summed E-state index contributed by atoms with van der Waals surface area (Å²) in [4.78, 5) is 14.5. The van der Waals surface area contributed by atoms with E-state index in [0.717, 1.165) is 12.8 Å². The molecule has 1 aliphatic rings. The number of hydrogen-bond donors (Lipinski definition) is 0. The normalized spacial score (nSPS) is 16.1. The van der Waals surface area contributed by atoms with Gasteiger partial charge in [-0.1, -0.05) is 0 Å². The lowest BCUT2D eigenvalue weighted by Crippen LogP contribution is -2.41. The standard InChI is InChI=1S/C19H24FN3O2/c1-19(2,3)23-13-14(12-21-23)18(24)22-10-8-17(9-11-22)25-16-6-4-15(20)5-7-16/h4-7,12-13,17H,8-11H2,1-3H3. The van der Waals surface area contributed by atoms with E-state index in [1.54, 1.807) is 18.3 Å². The molecule has 1 aliphatic heterocycles. The Kier molecular flexibility index (Phi) is 4.79. The maximum Gasteiger partial charge on any atom is 0.257 e. The molecule has 25 heavy (non-hydrogen) atoms. The number of carbonyl (C=O) groups is 1. The molecule has 1 amide bonds. The number of aromatic nitrogens is 2. The Morgan fingerprint density at radius 1 is 1.20 bits per heavy atom. The van der Waals surface area contributed by atoms with Crippen LogP contribution < -0.4 is 4.74 Å². The summed E-state index contributed by atoms with van der Waals surface area (Å²) in [5.74, 6) is 0.400. The minimum absolute atomic E-state index is 0.00994. The van der Waals surface area contributed by atoms with Crippen LogP contribution in [0, 0.1) is 5.82 Å². The third-order valence-electron chi connectivity index (χ3n) is 4.36. The van der Waals surface area contributed by atoms with Crippen molar-refractivity contribution < 1.29 is 13.9 Å². The van der Waals surface area contributed by atoms with E-state index in [-0.39, 0.29) is 23.4 Å². The van der Waals surface area contributed by atoms with Gasteiger partial charge in [0.2, 0.25) is 0 Å². The van der Waals surface area contributed by atoms with Gasteiger partial charge >= 0.3 is 0 Å². The van der Waals surface area contributed by atoms with Crippen molar-refractivity contribution in [1.29, 1.82) is 0 Å². The Bertz CT molecular complexity index is 726. The van der Waals surface area contributed by atoms with E-state index in [1.807, 2.05) is 36.5 Å². The quantitative estimate of drug-likeness (QED) is 0.856. The maximum absolute atomic E-state index is 12.9. The van der Waals surface area contributed by atoms with E-state index in [1.165, 1.54) is 12.1 Å². The molecule has 2 heterocycles. The molecule has 1 aromatic heterocycles. The zero-order valence-electron chi connectivity index (χ0n) is 14.9. The number of ether oxygens (including phenoxy) is 1. The topological polar surface area (TPSA) is 47.4 Å². The van der Waals surface area contributed by atoms with Gasteiger partial charge in [-0.2, -0.15) is 5.10 Å². The lowest BCUT2D eigenvalue weighted by molar-refractivity contribution is 0.0595. The summed E-state index contributed by atoms with van der Waals surface area (Å²) in [5, 5.41) is 4.30. The highest BCUT2D eigenvalue weighted by Crippen LogP contribution is 2.21. The first-order chi connectivity index (χ1) is 11.8. The van der Waals surface area contributed by atoms with Crippen molar-refractivity contribution in [3.63, 3.8) is 0 Å². The van der Waals surface area contributed by atoms with Gasteiger partial charge in [0.05, 0.1) is 17.3 Å². The van der Waals surface area contributed by atoms with E-state index in [2.05, 4.69) is 5.10 Å². The summed E-state index contributed by atoms with van der Waals surface area (Å²) in [6.45, 7) is 7.43. The van der Waals surface area contributed by atoms with Gasteiger partial charge in [-0.3, -0.25) is 9.48 Å². The van der Waals surface area contributed by atoms with Crippen LogP contribution in [0.3, 0.4) is 0 Å². The maximum atomic E-state index is 12.9. The predicted octanol–water partition coefficient (Wildman–Crippen LogP) is 3.46. The molecular weight excluding hydrogens is 321 g/mol. The highest BCUT2D eigenvalue weighted by atomic mass is 19.1. The summed E-state index contributed by atoms with van der Waals surface area (Å²) < 4.78 is 20.6. The highest BCUT2D eigenvalue weighted by molar-refractivity contribution is 5.93. The third-order valence-corrected chi connectivity index (χ3v) is 4.36. The molecule has 0 bridgehead atoms. The van der Waals surface area contributed by atoms with Crippen molar-refractivity contribution in [2.75, 3.05) is 13.1 Å². The van der Waals surface area contributed by atoms with Crippen molar-refractivity contribution in [2.24, 2.45) is 0 Å². The van der Waals surface area contributed by atoms with Crippen LogP contribution in [-0.2, 0) is 5.54 Å². The summed E-state index contributed by atoms with van der Waals surface area (Å²) >= 11 is 0. The second-order valence-electron chi connectivity index (χ2n) is 7.41. The fourth-order valence-electron chi connectivity index (χ4n) is 2.87. The second kappa shape index (κ2) is 6.86. The SMILES string of the molecule is CC(C)(C)n1cc(C(=O)N2CCC(Oc3ccc(F)cc3)CC2)cn1. The molecule has 0 unspecified atom stereocenters. The van der Waals surface area contributed by atoms with Crippen LogP contribution in [0.5, 0.6) is 5.75 Å². The smallest absolute Gasteiger partial charge is 0.257 e. The molecule has 1 aromatic carbocycles.